The lowest BCUT2D eigenvalue weighted by Gasteiger charge is -2.07. The summed E-state index contributed by atoms with van der Waals surface area (Å²) in [5, 5.41) is 0. The van der Waals surface area contributed by atoms with Crippen molar-refractivity contribution in [1.29, 1.82) is 0 Å². The highest BCUT2D eigenvalue weighted by Crippen LogP contribution is 2.15. The normalized spacial score (nSPS) is 12.0. The van der Waals surface area contributed by atoms with Gasteiger partial charge in [0, 0.05) is 12.8 Å². The molecule has 0 aromatic carbocycles. The Kier molecular flexibility index (Phi) is 19.5. The molecule has 1 atom stereocenters. The van der Waals surface area contributed by atoms with E-state index in [9.17, 15) is 14.4 Å². The number of ketones is 1. The van der Waals surface area contributed by atoms with Crippen molar-refractivity contribution in [2.45, 2.75) is 122 Å². The van der Waals surface area contributed by atoms with Gasteiger partial charge in [0.2, 0.25) is 0 Å². The van der Waals surface area contributed by atoms with Gasteiger partial charge in [-0.25, -0.2) is 0 Å². The van der Waals surface area contributed by atoms with Crippen LogP contribution < -0.4 is 0 Å². The Hall–Kier alpha value is -0.990. The van der Waals surface area contributed by atoms with Crippen molar-refractivity contribution < 1.29 is 14.4 Å². The van der Waals surface area contributed by atoms with Gasteiger partial charge in [-0.3, -0.25) is 4.79 Å². The molecular weight excluding hydrogens is 324 g/mol. The summed E-state index contributed by atoms with van der Waals surface area (Å²) < 4.78 is 0. The summed E-state index contributed by atoms with van der Waals surface area (Å²) in [4.78, 5) is 33.1. The van der Waals surface area contributed by atoms with Gasteiger partial charge < -0.3 is 9.59 Å². The molecule has 0 spiro atoms. The van der Waals surface area contributed by atoms with Crippen LogP contribution in [0.25, 0.3) is 0 Å². The van der Waals surface area contributed by atoms with Crippen molar-refractivity contribution in [2.24, 2.45) is 5.92 Å². The summed E-state index contributed by atoms with van der Waals surface area (Å²) in [7, 11) is 0. The van der Waals surface area contributed by atoms with Gasteiger partial charge in [-0.2, -0.15) is 0 Å². The van der Waals surface area contributed by atoms with Crippen LogP contribution >= 0.6 is 0 Å². The fraction of sp³-hybridized carbons (Fsp3) is 0.870. The first kappa shape index (κ1) is 25.0. The molecule has 3 heteroatoms. The highest BCUT2D eigenvalue weighted by Gasteiger charge is 2.16. The third kappa shape index (κ3) is 16.5. The Labute approximate surface area is 161 Å². The number of hydrogen-bond donors (Lipinski definition) is 0. The molecule has 0 bridgehead atoms. The Balaban J connectivity index is 3.29. The van der Waals surface area contributed by atoms with E-state index in [0.29, 0.717) is 25.5 Å². The summed E-state index contributed by atoms with van der Waals surface area (Å²) in [5.41, 5.74) is 0. The van der Waals surface area contributed by atoms with Gasteiger partial charge in [0.05, 0.1) is 5.92 Å². The summed E-state index contributed by atoms with van der Waals surface area (Å²) in [5.74, 6) is -0.552. The predicted molar refractivity (Wildman–Crippen MR) is 109 cm³/mol. The van der Waals surface area contributed by atoms with Crippen molar-refractivity contribution in [3.05, 3.63) is 0 Å². The standard InChI is InChI=1S/C23H42O3/c1-2-3-4-5-6-7-8-9-10-11-12-13-14-15-16-19-23(26)22(21-25)18-17-20-24/h20-22H,2-19H2,1H3. The lowest BCUT2D eigenvalue weighted by molar-refractivity contribution is -0.127. The maximum atomic E-state index is 11.9. The number of carbonyl (C=O) groups is 3. The Morgan fingerprint density at radius 1 is 0.692 bits per heavy atom. The maximum Gasteiger partial charge on any atom is 0.143 e. The molecule has 0 aliphatic rings. The van der Waals surface area contributed by atoms with E-state index in [1.807, 2.05) is 0 Å². The molecule has 0 rings (SSSR count). The van der Waals surface area contributed by atoms with Crippen molar-refractivity contribution in [2.75, 3.05) is 0 Å². The van der Waals surface area contributed by atoms with Gasteiger partial charge in [-0.15, -0.1) is 0 Å². The van der Waals surface area contributed by atoms with Crippen LogP contribution in [0.4, 0.5) is 0 Å². The monoisotopic (exact) mass is 366 g/mol. The molecule has 0 N–H and O–H groups in total. The molecule has 0 saturated carbocycles. The lowest BCUT2D eigenvalue weighted by Crippen LogP contribution is -2.15. The second kappa shape index (κ2) is 20.3. The van der Waals surface area contributed by atoms with E-state index in [1.165, 1.54) is 83.5 Å². The minimum atomic E-state index is -0.563. The van der Waals surface area contributed by atoms with Gasteiger partial charge in [0.25, 0.3) is 0 Å². The van der Waals surface area contributed by atoms with Crippen LogP contribution in [-0.2, 0) is 14.4 Å². The summed E-state index contributed by atoms with van der Waals surface area (Å²) in [6.45, 7) is 2.26. The molecule has 0 saturated heterocycles. The van der Waals surface area contributed by atoms with Gasteiger partial charge in [-0.05, 0) is 12.8 Å². The molecule has 0 aliphatic heterocycles. The van der Waals surface area contributed by atoms with Crippen molar-refractivity contribution in [3.8, 4) is 0 Å². The number of rotatable bonds is 21. The lowest BCUT2D eigenvalue weighted by atomic mass is 9.95. The molecule has 1 unspecified atom stereocenters. The number of aldehydes is 2. The van der Waals surface area contributed by atoms with Crippen molar-refractivity contribution in [3.63, 3.8) is 0 Å². The van der Waals surface area contributed by atoms with E-state index < -0.39 is 5.92 Å². The second-order valence-corrected chi connectivity index (χ2v) is 7.65. The summed E-state index contributed by atoms with van der Waals surface area (Å²) in [6.07, 6.45) is 22.2. The van der Waals surface area contributed by atoms with E-state index in [1.54, 1.807) is 0 Å². The van der Waals surface area contributed by atoms with E-state index >= 15 is 0 Å². The molecule has 0 aliphatic carbocycles. The third-order valence-corrected chi connectivity index (χ3v) is 5.20. The fourth-order valence-corrected chi connectivity index (χ4v) is 3.41. The van der Waals surface area contributed by atoms with E-state index in [4.69, 9.17) is 0 Å². The Morgan fingerprint density at radius 3 is 1.50 bits per heavy atom. The average Bonchev–Trinajstić information content (AvgIpc) is 2.65. The van der Waals surface area contributed by atoms with Gasteiger partial charge in [0.15, 0.2) is 0 Å². The Bertz CT molecular complexity index is 338. The van der Waals surface area contributed by atoms with E-state index in [-0.39, 0.29) is 5.78 Å². The number of Topliss-reactive ketones (excluding diaryl/α,β-unsaturated/α-hetero) is 1. The topological polar surface area (TPSA) is 51.2 Å². The number of unbranched alkanes of at least 4 members (excludes halogenated alkanes) is 14. The Morgan fingerprint density at radius 2 is 1.12 bits per heavy atom. The van der Waals surface area contributed by atoms with Crippen LogP contribution in [-0.4, -0.2) is 18.4 Å². The molecule has 0 fully saturated rings. The van der Waals surface area contributed by atoms with Gasteiger partial charge >= 0.3 is 0 Å². The van der Waals surface area contributed by atoms with Crippen LogP contribution in [0.15, 0.2) is 0 Å². The fourth-order valence-electron chi connectivity index (χ4n) is 3.41. The minimum Gasteiger partial charge on any atom is -0.303 e. The molecule has 26 heavy (non-hydrogen) atoms. The van der Waals surface area contributed by atoms with Gasteiger partial charge in [0.1, 0.15) is 18.4 Å². The zero-order valence-corrected chi connectivity index (χ0v) is 17.2. The second-order valence-electron chi connectivity index (χ2n) is 7.65. The first-order chi connectivity index (χ1) is 12.8. The summed E-state index contributed by atoms with van der Waals surface area (Å²) in [6, 6.07) is 0. The molecule has 152 valence electrons. The average molecular weight is 367 g/mol. The van der Waals surface area contributed by atoms with Gasteiger partial charge in [-0.1, -0.05) is 96.8 Å². The van der Waals surface area contributed by atoms with Crippen LogP contribution in [0.2, 0.25) is 0 Å². The molecular formula is C23H42O3. The third-order valence-electron chi connectivity index (χ3n) is 5.20. The largest absolute Gasteiger partial charge is 0.303 e. The minimum absolute atomic E-state index is 0.0107. The first-order valence-corrected chi connectivity index (χ1v) is 11.2. The zero-order valence-electron chi connectivity index (χ0n) is 17.2. The molecule has 0 amide bonds. The van der Waals surface area contributed by atoms with Crippen LogP contribution in [0, 0.1) is 5.92 Å². The van der Waals surface area contributed by atoms with Crippen molar-refractivity contribution >= 4 is 18.4 Å². The molecule has 3 nitrogen and oxygen atoms in total. The SMILES string of the molecule is CCCCCCCCCCCCCCCCCC(=O)C(C=O)CCC=O. The zero-order chi connectivity index (χ0) is 19.3. The van der Waals surface area contributed by atoms with Crippen molar-refractivity contribution in [1.82, 2.24) is 0 Å². The molecule has 0 radical (unpaired) electrons. The van der Waals surface area contributed by atoms with E-state index in [0.717, 1.165) is 19.1 Å². The smallest absolute Gasteiger partial charge is 0.143 e. The van der Waals surface area contributed by atoms with Crippen LogP contribution in [0.3, 0.4) is 0 Å². The molecule has 0 aromatic rings. The molecule has 0 aromatic heterocycles. The van der Waals surface area contributed by atoms with Crippen LogP contribution in [0.5, 0.6) is 0 Å². The number of hydrogen-bond acceptors (Lipinski definition) is 3. The van der Waals surface area contributed by atoms with E-state index in [2.05, 4.69) is 6.92 Å². The first-order valence-electron chi connectivity index (χ1n) is 11.2. The maximum absolute atomic E-state index is 11.9. The predicted octanol–water partition coefficient (Wildman–Crippen LogP) is 6.61. The molecule has 0 heterocycles. The highest BCUT2D eigenvalue weighted by atomic mass is 16.1. The highest BCUT2D eigenvalue weighted by molar-refractivity contribution is 5.93. The van der Waals surface area contributed by atoms with Crippen LogP contribution in [0.1, 0.15) is 122 Å². The number of carbonyl (C=O) groups excluding carboxylic acids is 3. The quantitative estimate of drug-likeness (QED) is 0.130. The summed E-state index contributed by atoms with van der Waals surface area (Å²) >= 11 is 0.